The molecule has 0 aromatic heterocycles. The van der Waals surface area contributed by atoms with Crippen LogP contribution in [-0.2, 0) is 4.79 Å². The molecule has 5 nitrogen and oxygen atoms in total. The van der Waals surface area contributed by atoms with Gasteiger partial charge in [0.25, 0.3) is 0 Å². The van der Waals surface area contributed by atoms with Crippen molar-refractivity contribution in [2.24, 2.45) is 0 Å². The van der Waals surface area contributed by atoms with Gasteiger partial charge < -0.3 is 18.9 Å². The number of carbonyl (C=O) groups excluding carboxylic acids is 1. The van der Waals surface area contributed by atoms with Gasteiger partial charge in [0.15, 0.2) is 11.5 Å². The average molecular weight is 356 g/mol. The molecule has 2 aromatic rings. The van der Waals surface area contributed by atoms with Crippen LogP contribution in [0.1, 0.15) is 30.9 Å². The highest BCUT2D eigenvalue weighted by Crippen LogP contribution is 2.38. The topological polar surface area (TPSA) is 54.0 Å². The Kier molecular flexibility index (Phi) is 6.67. The van der Waals surface area contributed by atoms with Crippen molar-refractivity contribution in [2.45, 2.75) is 19.8 Å². The summed E-state index contributed by atoms with van der Waals surface area (Å²) in [5.41, 5.74) is 1.72. The summed E-state index contributed by atoms with van der Waals surface area (Å²) in [6, 6.07) is 11.0. The standard InChI is InChI=1S/C21H24O5/c1-14(2)16-8-6-7-9-17(16)26-20(22)11-10-15-12-18(23-3)21(25-5)19(13-15)24-4/h6-14H,1-5H3/b11-10+. The minimum atomic E-state index is -0.452. The molecule has 0 spiro atoms. The lowest BCUT2D eigenvalue weighted by molar-refractivity contribution is -0.128. The van der Waals surface area contributed by atoms with E-state index in [0.29, 0.717) is 23.0 Å². The van der Waals surface area contributed by atoms with Gasteiger partial charge in [0.1, 0.15) is 5.75 Å². The smallest absolute Gasteiger partial charge is 0.336 e. The van der Waals surface area contributed by atoms with Gasteiger partial charge in [0.2, 0.25) is 5.75 Å². The predicted octanol–water partition coefficient (Wildman–Crippen LogP) is 4.45. The summed E-state index contributed by atoms with van der Waals surface area (Å²) in [5.74, 6) is 1.92. The van der Waals surface area contributed by atoms with Gasteiger partial charge in [-0.25, -0.2) is 4.79 Å². The summed E-state index contributed by atoms with van der Waals surface area (Å²) in [5, 5.41) is 0. The normalized spacial score (nSPS) is 10.8. The Morgan fingerprint density at radius 3 is 2.08 bits per heavy atom. The zero-order valence-corrected chi connectivity index (χ0v) is 15.7. The summed E-state index contributed by atoms with van der Waals surface area (Å²) in [4.78, 5) is 12.2. The van der Waals surface area contributed by atoms with E-state index >= 15 is 0 Å². The SMILES string of the molecule is COc1cc(/C=C/C(=O)Oc2ccccc2C(C)C)cc(OC)c1OC. The lowest BCUT2D eigenvalue weighted by Crippen LogP contribution is -2.06. The first-order valence-electron chi connectivity index (χ1n) is 8.29. The molecule has 0 unspecified atom stereocenters. The summed E-state index contributed by atoms with van der Waals surface area (Å²) >= 11 is 0. The van der Waals surface area contributed by atoms with E-state index in [4.69, 9.17) is 18.9 Å². The van der Waals surface area contributed by atoms with Crippen LogP contribution in [-0.4, -0.2) is 27.3 Å². The van der Waals surface area contributed by atoms with Gasteiger partial charge in [-0.15, -0.1) is 0 Å². The van der Waals surface area contributed by atoms with Crippen molar-refractivity contribution in [3.63, 3.8) is 0 Å². The molecular formula is C21H24O5. The monoisotopic (exact) mass is 356 g/mol. The summed E-state index contributed by atoms with van der Waals surface area (Å²) in [6.07, 6.45) is 3.02. The molecule has 0 aliphatic heterocycles. The number of methoxy groups -OCH3 is 3. The number of hydrogen-bond acceptors (Lipinski definition) is 5. The minimum Gasteiger partial charge on any atom is -0.493 e. The summed E-state index contributed by atoms with van der Waals surface area (Å²) in [7, 11) is 4.63. The van der Waals surface area contributed by atoms with Crippen molar-refractivity contribution in [1.82, 2.24) is 0 Å². The highest BCUT2D eigenvalue weighted by Gasteiger charge is 2.13. The molecule has 26 heavy (non-hydrogen) atoms. The minimum absolute atomic E-state index is 0.262. The van der Waals surface area contributed by atoms with E-state index in [9.17, 15) is 4.79 Å². The summed E-state index contributed by atoms with van der Waals surface area (Å²) in [6.45, 7) is 4.11. The quantitative estimate of drug-likeness (QED) is 0.417. The Hall–Kier alpha value is -2.95. The zero-order chi connectivity index (χ0) is 19.1. The van der Waals surface area contributed by atoms with Crippen LogP contribution in [0, 0.1) is 0 Å². The largest absolute Gasteiger partial charge is 0.493 e. The van der Waals surface area contributed by atoms with E-state index in [2.05, 4.69) is 13.8 Å². The van der Waals surface area contributed by atoms with Crippen LogP contribution >= 0.6 is 0 Å². The van der Waals surface area contributed by atoms with Gasteiger partial charge in [0, 0.05) is 6.08 Å². The molecule has 0 aliphatic carbocycles. The maximum Gasteiger partial charge on any atom is 0.336 e. The van der Waals surface area contributed by atoms with E-state index in [1.807, 2.05) is 18.2 Å². The number of hydrogen-bond donors (Lipinski definition) is 0. The molecule has 0 aliphatic rings. The third-order valence-corrected chi connectivity index (χ3v) is 3.85. The Balaban J connectivity index is 2.21. The van der Waals surface area contributed by atoms with Crippen molar-refractivity contribution in [1.29, 1.82) is 0 Å². The lowest BCUT2D eigenvalue weighted by Gasteiger charge is -2.13. The van der Waals surface area contributed by atoms with Crippen molar-refractivity contribution in [3.8, 4) is 23.0 Å². The van der Waals surface area contributed by atoms with Crippen molar-refractivity contribution in [2.75, 3.05) is 21.3 Å². The van der Waals surface area contributed by atoms with Crippen LogP contribution in [0.3, 0.4) is 0 Å². The van der Waals surface area contributed by atoms with Gasteiger partial charge in [-0.05, 0) is 41.3 Å². The van der Waals surface area contributed by atoms with E-state index in [0.717, 1.165) is 11.1 Å². The molecule has 0 fully saturated rings. The van der Waals surface area contributed by atoms with Crippen LogP contribution in [0.2, 0.25) is 0 Å². The maximum atomic E-state index is 12.2. The molecule has 0 saturated heterocycles. The Labute approximate surface area is 154 Å². The third-order valence-electron chi connectivity index (χ3n) is 3.85. The van der Waals surface area contributed by atoms with Crippen LogP contribution in [0.15, 0.2) is 42.5 Å². The number of carbonyl (C=O) groups is 1. The van der Waals surface area contributed by atoms with Gasteiger partial charge in [0.05, 0.1) is 21.3 Å². The van der Waals surface area contributed by atoms with E-state index in [-0.39, 0.29) is 5.92 Å². The highest BCUT2D eigenvalue weighted by molar-refractivity contribution is 5.89. The van der Waals surface area contributed by atoms with Gasteiger partial charge in [-0.1, -0.05) is 32.0 Å². The predicted molar refractivity (Wildman–Crippen MR) is 101 cm³/mol. The average Bonchev–Trinajstić information content (AvgIpc) is 2.65. The fourth-order valence-corrected chi connectivity index (χ4v) is 2.55. The fourth-order valence-electron chi connectivity index (χ4n) is 2.55. The van der Waals surface area contributed by atoms with Gasteiger partial charge in [-0.3, -0.25) is 0 Å². The maximum absolute atomic E-state index is 12.2. The van der Waals surface area contributed by atoms with E-state index in [1.54, 1.807) is 45.6 Å². The van der Waals surface area contributed by atoms with Crippen LogP contribution in [0.25, 0.3) is 6.08 Å². The number of ether oxygens (including phenoxy) is 4. The molecule has 2 rings (SSSR count). The molecule has 0 amide bonds. The second-order valence-electron chi connectivity index (χ2n) is 5.91. The first kappa shape index (κ1) is 19.4. The van der Waals surface area contributed by atoms with Crippen molar-refractivity contribution < 1.29 is 23.7 Å². The van der Waals surface area contributed by atoms with Crippen molar-refractivity contribution >= 4 is 12.0 Å². The molecule has 0 heterocycles. The molecule has 0 N–H and O–H groups in total. The Morgan fingerprint density at radius 2 is 1.54 bits per heavy atom. The summed E-state index contributed by atoms with van der Waals surface area (Å²) < 4.78 is 21.4. The number of esters is 1. The van der Waals surface area contributed by atoms with Crippen molar-refractivity contribution in [3.05, 3.63) is 53.6 Å². The zero-order valence-electron chi connectivity index (χ0n) is 15.7. The van der Waals surface area contributed by atoms with E-state index in [1.165, 1.54) is 6.08 Å². The first-order chi connectivity index (χ1) is 12.5. The number of rotatable bonds is 7. The molecule has 138 valence electrons. The van der Waals surface area contributed by atoms with Crippen LogP contribution < -0.4 is 18.9 Å². The Bertz CT molecular complexity index is 768. The third kappa shape index (κ3) is 4.57. The molecule has 2 aromatic carbocycles. The van der Waals surface area contributed by atoms with E-state index < -0.39 is 5.97 Å². The lowest BCUT2D eigenvalue weighted by atomic mass is 10.0. The number of benzene rings is 2. The van der Waals surface area contributed by atoms with Gasteiger partial charge >= 0.3 is 5.97 Å². The second-order valence-corrected chi connectivity index (χ2v) is 5.91. The molecule has 0 bridgehead atoms. The van der Waals surface area contributed by atoms with Crippen LogP contribution in [0.5, 0.6) is 23.0 Å². The highest BCUT2D eigenvalue weighted by atomic mass is 16.5. The molecule has 0 saturated carbocycles. The molecule has 5 heteroatoms. The molecule has 0 atom stereocenters. The second kappa shape index (κ2) is 8.94. The van der Waals surface area contributed by atoms with Crippen LogP contribution in [0.4, 0.5) is 0 Å². The number of para-hydroxylation sites is 1. The fraction of sp³-hybridized carbons (Fsp3) is 0.286. The molecular weight excluding hydrogens is 332 g/mol. The Morgan fingerprint density at radius 1 is 0.923 bits per heavy atom. The molecule has 0 radical (unpaired) electrons. The van der Waals surface area contributed by atoms with Gasteiger partial charge in [-0.2, -0.15) is 0 Å². The first-order valence-corrected chi connectivity index (χ1v) is 8.29.